The molecule has 9 heteroatoms. The van der Waals surface area contributed by atoms with E-state index in [1.165, 1.54) is 5.56 Å². The van der Waals surface area contributed by atoms with Gasteiger partial charge in [0.2, 0.25) is 0 Å². The molecule has 31 heavy (non-hydrogen) atoms. The van der Waals surface area contributed by atoms with E-state index < -0.39 is 13.9 Å². The first kappa shape index (κ1) is 23.6. The quantitative estimate of drug-likeness (QED) is 0.194. The lowest BCUT2D eigenvalue weighted by Crippen LogP contribution is -2.49. The fourth-order valence-electron chi connectivity index (χ4n) is 5.02. The van der Waals surface area contributed by atoms with Crippen LogP contribution in [0.15, 0.2) is 24.3 Å². The van der Waals surface area contributed by atoms with Crippen LogP contribution in [-0.2, 0) is 14.8 Å². The van der Waals surface area contributed by atoms with Crippen LogP contribution in [0.5, 0.6) is 0 Å². The highest BCUT2D eigenvalue weighted by molar-refractivity contribution is 6.16. The van der Waals surface area contributed by atoms with Crippen LogP contribution in [0.4, 0.5) is 0 Å². The topological polar surface area (TPSA) is 121 Å². The first-order chi connectivity index (χ1) is 14.8. The lowest BCUT2D eigenvalue weighted by atomic mass is 9.56. The van der Waals surface area contributed by atoms with Gasteiger partial charge in [0.25, 0.3) is 5.91 Å². The minimum Gasteiger partial charge on any atom is -0.430 e. The average Bonchev–Trinajstić information content (AvgIpc) is 2.80. The van der Waals surface area contributed by atoms with E-state index in [1.807, 2.05) is 19.2 Å². The summed E-state index contributed by atoms with van der Waals surface area (Å²) in [6.45, 7) is 0.567. The van der Waals surface area contributed by atoms with Crippen molar-refractivity contribution in [1.29, 1.82) is 5.41 Å². The third-order valence-electron chi connectivity index (χ3n) is 7.31. The molecule has 0 unspecified atom stereocenters. The minimum atomic E-state index is -0.602. The van der Waals surface area contributed by atoms with E-state index >= 15 is 0 Å². The van der Waals surface area contributed by atoms with Crippen molar-refractivity contribution in [3.63, 3.8) is 0 Å². The lowest BCUT2D eigenvalue weighted by Gasteiger charge is -2.53. The van der Waals surface area contributed by atoms with Crippen LogP contribution in [0.1, 0.15) is 67.3 Å². The highest BCUT2D eigenvalue weighted by atomic mass is 16.5. The summed E-state index contributed by atoms with van der Waals surface area (Å²) in [7, 11) is 3.09. The number of hydrogen-bond acceptors (Lipinski definition) is 5. The summed E-state index contributed by atoms with van der Waals surface area (Å²) in [5.41, 5.74) is 7.61. The van der Waals surface area contributed by atoms with E-state index in [9.17, 15) is 4.79 Å². The predicted molar refractivity (Wildman–Crippen MR) is 121 cm³/mol. The maximum atomic E-state index is 12.7. The molecule has 5 N–H and O–H groups in total. The highest BCUT2D eigenvalue weighted by Crippen LogP contribution is 2.54. The van der Waals surface area contributed by atoms with Gasteiger partial charge >= 0.3 is 7.69 Å². The number of rotatable bonds is 10. The molecule has 1 aromatic rings. The van der Waals surface area contributed by atoms with Gasteiger partial charge in [0.1, 0.15) is 6.23 Å². The highest BCUT2D eigenvalue weighted by Gasteiger charge is 2.49. The Hall–Kier alpha value is -2.10. The van der Waals surface area contributed by atoms with Gasteiger partial charge in [0, 0.05) is 26.3 Å². The van der Waals surface area contributed by atoms with Crippen LogP contribution in [-0.4, -0.2) is 62.0 Å². The molecule has 3 aliphatic carbocycles. The van der Waals surface area contributed by atoms with Crippen LogP contribution in [0.3, 0.4) is 0 Å². The van der Waals surface area contributed by atoms with Crippen molar-refractivity contribution >= 4 is 19.6 Å². The molecule has 4 rings (SSSR count). The second-order valence-electron chi connectivity index (χ2n) is 8.95. The fourth-order valence-corrected chi connectivity index (χ4v) is 5.02. The lowest BCUT2D eigenvalue weighted by molar-refractivity contribution is -0.0955. The Morgan fingerprint density at radius 1 is 1.26 bits per heavy atom. The Bertz CT molecular complexity index is 749. The van der Waals surface area contributed by atoms with Crippen molar-refractivity contribution in [2.75, 3.05) is 20.7 Å². The van der Waals surface area contributed by atoms with Gasteiger partial charge in [-0.2, -0.15) is 0 Å². The van der Waals surface area contributed by atoms with Crippen molar-refractivity contribution in [1.82, 2.24) is 10.2 Å². The largest absolute Gasteiger partial charge is 0.436 e. The molecule has 1 amide bonds. The van der Waals surface area contributed by atoms with Crippen LogP contribution in [0.2, 0.25) is 0 Å². The van der Waals surface area contributed by atoms with Gasteiger partial charge in [-0.25, -0.2) is 0 Å². The third kappa shape index (κ3) is 5.40. The zero-order valence-electron chi connectivity index (χ0n) is 18.7. The number of methoxy groups -OCH3 is 1. The second kappa shape index (κ2) is 10.0. The molecule has 0 saturated heterocycles. The molecule has 0 aromatic heterocycles. The molecule has 1 aromatic carbocycles. The number of benzene rings is 1. The maximum absolute atomic E-state index is 12.7. The Morgan fingerprint density at radius 2 is 1.87 bits per heavy atom. The number of amides is 1. The molecule has 0 aliphatic heterocycles. The number of hydrogen-bond donors (Lipinski definition) is 4. The fraction of sp³-hybridized carbons (Fsp3) is 0.636. The van der Waals surface area contributed by atoms with E-state index in [1.54, 1.807) is 11.9 Å². The Balaban J connectivity index is 1.57. The van der Waals surface area contributed by atoms with Crippen molar-refractivity contribution in [2.24, 2.45) is 5.73 Å². The van der Waals surface area contributed by atoms with Gasteiger partial charge in [0.05, 0.1) is 5.60 Å². The molecule has 3 aliphatic rings. The zero-order chi connectivity index (χ0) is 22.5. The Kier molecular flexibility index (Phi) is 7.62. The van der Waals surface area contributed by atoms with Gasteiger partial charge in [-0.15, -0.1) is 0 Å². The smallest absolute Gasteiger partial charge is 0.430 e. The molecule has 3 saturated carbocycles. The first-order valence-corrected chi connectivity index (χ1v) is 11.1. The molecular formula is C22H35BN4O4. The number of ether oxygens (including phenoxy) is 1. The normalized spacial score (nSPS) is 25.6. The van der Waals surface area contributed by atoms with Gasteiger partial charge in [-0.1, -0.05) is 12.1 Å². The number of fused-ring (bicyclic) bond motifs is 3. The summed E-state index contributed by atoms with van der Waals surface area (Å²) in [6, 6.07) is 7.94. The molecule has 170 valence electrons. The standard InChI is InChI=1S/C22H35BN4O4/c1-27(20(24)25)15-3-4-18(31-23-29)26-19(28)16-5-7-17(8-6-16)21-9-12-22(30-2,13-10-21)14-11-21/h5-8,18,23,29H,3-4,9-15H2,1-2H3,(H3,24,25)(H,26,28)/t18-,21?,22?/m1/s1. The van der Waals surface area contributed by atoms with Crippen molar-refractivity contribution in [3.8, 4) is 0 Å². The Morgan fingerprint density at radius 3 is 2.39 bits per heavy atom. The van der Waals surface area contributed by atoms with Crippen molar-refractivity contribution in [3.05, 3.63) is 35.4 Å². The number of nitrogens with two attached hydrogens (primary N) is 1. The van der Waals surface area contributed by atoms with Gasteiger partial charge in [0.15, 0.2) is 5.96 Å². The summed E-state index contributed by atoms with van der Waals surface area (Å²) in [4.78, 5) is 14.3. The van der Waals surface area contributed by atoms with Gasteiger partial charge in [-0.05, 0) is 74.5 Å². The van der Waals surface area contributed by atoms with E-state index in [-0.39, 0.29) is 22.9 Å². The van der Waals surface area contributed by atoms with Gasteiger partial charge < -0.3 is 30.4 Å². The Labute approximate surface area is 185 Å². The summed E-state index contributed by atoms with van der Waals surface area (Å²) in [6.07, 6.45) is 7.27. The molecular weight excluding hydrogens is 395 g/mol. The maximum Gasteiger partial charge on any atom is 0.436 e. The molecule has 2 bridgehead atoms. The number of carbonyl (C=O) groups is 1. The number of nitrogens with one attached hydrogen (secondary N) is 2. The van der Waals surface area contributed by atoms with Crippen molar-refractivity contribution < 1.29 is 19.2 Å². The van der Waals surface area contributed by atoms with E-state index in [0.29, 0.717) is 24.9 Å². The van der Waals surface area contributed by atoms with E-state index in [2.05, 4.69) is 17.4 Å². The van der Waals surface area contributed by atoms with Crippen LogP contribution in [0.25, 0.3) is 0 Å². The average molecular weight is 430 g/mol. The number of nitrogens with zero attached hydrogens (tertiary/aromatic N) is 1. The number of carbonyl (C=O) groups excluding carboxylic acids is 1. The summed E-state index contributed by atoms with van der Waals surface area (Å²) in [5, 5.41) is 19.4. The summed E-state index contributed by atoms with van der Waals surface area (Å²) < 4.78 is 11.1. The minimum absolute atomic E-state index is 0.00735. The third-order valence-corrected chi connectivity index (χ3v) is 7.31. The first-order valence-electron chi connectivity index (χ1n) is 11.1. The SMILES string of the molecule is COC12CCC(c3ccc(C(=O)N[C@@H](CCCN(C)C(=N)N)OBO)cc3)(CC1)CC2. The molecule has 3 fully saturated rings. The molecule has 1 atom stereocenters. The molecule has 0 heterocycles. The van der Waals surface area contributed by atoms with Gasteiger partial charge in [-0.3, -0.25) is 10.2 Å². The van der Waals surface area contributed by atoms with E-state index in [4.69, 9.17) is 25.6 Å². The predicted octanol–water partition coefficient (Wildman–Crippen LogP) is 1.61. The summed E-state index contributed by atoms with van der Waals surface area (Å²) in [5.74, 6) is -0.236. The van der Waals surface area contributed by atoms with Crippen LogP contribution in [0, 0.1) is 5.41 Å². The molecule has 8 nitrogen and oxygen atoms in total. The van der Waals surface area contributed by atoms with Crippen LogP contribution >= 0.6 is 0 Å². The monoisotopic (exact) mass is 430 g/mol. The van der Waals surface area contributed by atoms with E-state index in [0.717, 1.165) is 38.5 Å². The molecule has 0 radical (unpaired) electrons. The number of guanidine groups is 1. The molecule has 0 spiro atoms. The summed E-state index contributed by atoms with van der Waals surface area (Å²) >= 11 is 0. The zero-order valence-corrected chi connectivity index (χ0v) is 18.7. The van der Waals surface area contributed by atoms with Crippen LogP contribution < -0.4 is 11.1 Å². The second-order valence-corrected chi connectivity index (χ2v) is 8.95. The van der Waals surface area contributed by atoms with Crippen molar-refractivity contribution in [2.45, 2.75) is 68.6 Å².